The van der Waals surface area contributed by atoms with Gasteiger partial charge in [-0.25, -0.2) is 0 Å². The molecule has 2 N–H and O–H groups in total. The summed E-state index contributed by atoms with van der Waals surface area (Å²) in [6, 6.07) is 12.8. The highest BCUT2D eigenvalue weighted by Crippen LogP contribution is 2.33. The Morgan fingerprint density at radius 2 is 1.96 bits per heavy atom. The van der Waals surface area contributed by atoms with Crippen LogP contribution in [-0.2, 0) is 11.3 Å². The van der Waals surface area contributed by atoms with E-state index in [9.17, 15) is 9.59 Å². The maximum absolute atomic E-state index is 12.6. The lowest BCUT2D eigenvalue weighted by molar-refractivity contribution is -0.119. The Bertz CT molecular complexity index is 854. The molecule has 3 rings (SSSR count). The Morgan fingerprint density at radius 3 is 2.64 bits per heavy atom. The molecule has 7 heteroatoms. The quantitative estimate of drug-likeness (QED) is 0.780. The minimum atomic E-state index is -0.101. The summed E-state index contributed by atoms with van der Waals surface area (Å²) in [6.45, 7) is 3.45. The Balaban J connectivity index is 1.59. The van der Waals surface area contributed by atoms with E-state index in [1.54, 1.807) is 25.3 Å². The molecule has 2 amide bonds. The molecule has 0 bridgehead atoms. The molecule has 2 aromatic carbocycles. The van der Waals surface area contributed by atoms with Gasteiger partial charge in [-0.15, -0.1) is 0 Å². The summed E-state index contributed by atoms with van der Waals surface area (Å²) in [7, 11) is 1.64. The van der Waals surface area contributed by atoms with Gasteiger partial charge in [0.25, 0.3) is 5.91 Å². The first-order valence-electron chi connectivity index (χ1n) is 9.19. The average Bonchev–Trinajstić information content (AvgIpc) is 3.15. The van der Waals surface area contributed by atoms with Crippen molar-refractivity contribution in [2.45, 2.75) is 25.9 Å². The van der Waals surface area contributed by atoms with E-state index in [1.807, 2.05) is 24.3 Å². The maximum Gasteiger partial charge on any atom is 0.251 e. The number of halogens is 1. The average molecular weight is 402 g/mol. The minimum Gasteiger partial charge on any atom is -0.495 e. The van der Waals surface area contributed by atoms with Crippen LogP contribution < -0.4 is 20.3 Å². The van der Waals surface area contributed by atoms with Gasteiger partial charge < -0.3 is 20.3 Å². The van der Waals surface area contributed by atoms with Gasteiger partial charge in [-0.2, -0.15) is 0 Å². The number of ether oxygens (including phenoxy) is 1. The number of rotatable bonds is 6. The van der Waals surface area contributed by atoms with Gasteiger partial charge in [0.05, 0.1) is 12.8 Å². The molecule has 1 saturated heterocycles. The Kier molecular flexibility index (Phi) is 6.41. The first-order valence-corrected chi connectivity index (χ1v) is 9.57. The minimum absolute atomic E-state index is 0.0512. The second kappa shape index (κ2) is 8.97. The Hall–Kier alpha value is -2.73. The third-order valence-corrected chi connectivity index (χ3v) is 5.00. The molecular formula is C21H24ClN3O3. The second-order valence-electron chi connectivity index (χ2n) is 6.83. The summed E-state index contributed by atoms with van der Waals surface area (Å²) >= 11 is 6.13. The number of nitrogens with one attached hydrogen (secondary N) is 2. The van der Waals surface area contributed by atoms with Crippen LogP contribution in [0.1, 0.15) is 29.3 Å². The number of hydrogen-bond donors (Lipinski definition) is 2. The summed E-state index contributed by atoms with van der Waals surface area (Å²) in [5, 5.41) is 6.49. The fraction of sp³-hybridized carbons (Fsp3) is 0.333. The van der Waals surface area contributed by atoms with E-state index in [2.05, 4.69) is 15.5 Å². The summed E-state index contributed by atoms with van der Waals surface area (Å²) in [5.74, 6) is 0.589. The highest BCUT2D eigenvalue weighted by atomic mass is 35.5. The molecule has 1 aliphatic heterocycles. The molecule has 1 fully saturated rings. The molecule has 2 aromatic rings. The second-order valence-corrected chi connectivity index (χ2v) is 7.26. The maximum atomic E-state index is 12.6. The first kappa shape index (κ1) is 20.0. The van der Waals surface area contributed by atoms with E-state index in [0.29, 0.717) is 23.7 Å². The van der Waals surface area contributed by atoms with Gasteiger partial charge in [0, 0.05) is 43.2 Å². The van der Waals surface area contributed by atoms with Gasteiger partial charge in [0.1, 0.15) is 5.75 Å². The van der Waals surface area contributed by atoms with Crippen LogP contribution in [0.25, 0.3) is 0 Å². The molecule has 1 aliphatic rings. The van der Waals surface area contributed by atoms with Crippen molar-refractivity contribution < 1.29 is 14.3 Å². The zero-order valence-electron chi connectivity index (χ0n) is 16.0. The fourth-order valence-electron chi connectivity index (χ4n) is 3.28. The van der Waals surface area contributed by atoms with Crippen molar-refractivity contribution in [2.75, 3.05) is 25.1 Å². The number of anilines is 1. The number of carbonyl (C=O) groups excluding carboxylic acids is 2. The summed E-state index contributed by atoms with van der Waals surface area (Å²) in [6.07, 6.45) is 0.849. The third-order valence-electron chi connectivity index (χ3n) is 4.76. The number of methoxy groups -OCH3 is 1. The van der Waals surface area contributed by atoms with E-state index in [4.69, 9.17) is 16.3 Å². The van der Waals surface area contributed by atoms with Gasteiger partial charge in [0.15, 0.2) is 0 Å². The van der Waals surface area contributed by atoms with Crippen LogP contribution in [0.4, 0.5) is 5.69 Å². The highest BCUT2D eigenvalue weighted by Gasteiger charge is 2.26. The van der Waals surface area contributed by atoms with E-state index in [0.717, 1.165) is 30.0 Å². The van der Waals surface area contributed by atoms with E-state index >= 15 is 0 Å². The van der Waals surface area contributed by atoms with E-state index < -0.39 is 0 Å². The number of amides is 2. The predicted molar refractivity (Wildman–Crippen MR) is 110 cm³/mol. The van der Waals surface area contributed by atoms with Crippen LogP contribution in [0, 0.1) is 0 Å². The van der Waals surface area contributed by atoms with Crippen molar-refractivity contribution in [3.05, 3.63) is 58.6 Å². The molecule has 28 heavy (non-hydrogen) atoms. The van der Waals surface area contributed by atoms with Gasteiger partial charge in [0.2, 0.25) is 5.91 Å². The zero-order chi connectivity index (χ0) is 20.1. The molecule has 0 aliphatic carbocycles. The summed E-state index contributed by atoms with van der Waals surface area (Å²) in [5.41, 5.74) is 2.49. The topological polar surface area (TPSA) is 70.7 Å². The summed E-state index contributed by atoms with van der Waals surface area (Å²) < 4.78 is 5.43. The van der Waals surface area contributed by atoms with Crippen molar-refractivity contribution in [2.24, 2.45) is 0 Å². The van der Waals surface area contributed by atoms with Crippen LogP contribution in [0.3, 0.4) is 0 Å². The van der Waals surface area contributed by atoms with Crippen LogP contribution in [0.2, 0.25) is 5.02 Å². The molecule has 0 saturated carbocycles. The van der Waals surface area contributed by atoms with E-state index in [-0.39, 0.29) is 17.9 Å². The van der Waals surface area contributed by atoms with Crippen LogP contribution in [0.5, 0.6) is 5.75 Å². The zero-order valence-corrected chi connectivity index (χ0v) is 16.8. The van der Waals surface area contributed by atoms with Crippen molar-refractivity contribution in [1.29, 1.82) is 0 Å². The Morgan fingerprint density at radius 1 is 1.21 bits per heavy atom. The molecule has 0 aromatic heterocycles. The highest BCUT2D eigenvalue weighted by molar-refractivity contribution is 6.30. The lowest BCUT2D eigenvalue weighted by Crippen LogP contribution is -2.37. The molecule has 1 heterocycles. The SMILES string of the molecule is COc1ccc(Cl)cc1N1CCC(NC(=O)c2ccc(CNC(C)=O)cc2)C1. The molecule has 0 spiro atoms. The number of benzene rings is 2. The van der Waals surface area contributed by atoms with Gasteiger partial charge in [-0.3, -0.25) is 9.59 Å². The standard InChI is InChI=1S/C21H24ClN3O3/c1-14(26)23-12-15-3-5-16(6-4-15)21(27)24-18-9-10-25(13-18)19-11-17(22)7-8-20(19)28-2/h3-8,11,18H,9-10,12-13H2,1-2H3,(H,23,26)(H,24,27). The largest absolute Gasteiger partial charge is 0.495 e. The lowest BCUT2D eigenvalue weighted by Gasteiger charge is -2.21. The van der Waals surface area contributed by atoms with Gasteiger partial charge in [-0.1, -0.05) is 23.7 Å². The van der Waals surface area contributed by atoms with Crippen molar-refractivity contribution in [3.63, 3.8) is 0 Å². The normalized spacial score (nSPS) is 16.0. The number of nitrogens with zero attached hydrogens (tertiary/aromatic N) is 1. The smallest absolute Gasteiger partial charge is 0.251 e. The van der Waals surface area contributed by atoms with Crippen LogP contribution >= 0.6 is 11.6 Å². The van der Waals surface area contributed by atoms with Crippen LogP contribution in [0.15, 0.2) is 42.5 Å². The molecule has 6 nitrogen and oxygen atoms in total. The number of carbonyl (C=O) groups is 2. The molecule has 1 atom stereocenters. The van der Waals surface area contributed by atoms with Gasteiger partial charge >= 0.3 is 0 Å². The third kappa shape index (κ3) is 4.95. The lowest BCUT2D eigenvalue weighted by atomic mass is 10.1. The molecule has 148 valence electrons. The van der Waals surface area contributed by atoms with Crippen molar-refractivity contribution in [3.8, 4) is 5.75 Å². The Labute approximate surface area is 169 Å². The fourth-order valence-corrected chi connectivity index (χ4v) is 3.44. The monoisotopic (exact) mass is 401 g/mol. The van der Waals surface area contributed by atoms with Gasteiger partial charge in [-0.05, 0) is 42.3 Å². The van der Waals surface area contributed by atoms with Crippen molar-refractivity contribution in [1.82, 2.24) is 10.6 Å². The molecule has 0 radical (unpaired) electrons. The number of hydrogen-bond acceptors (Lipinski definition) is 4. The first-order chi connectivity index (χ1) is 13.5. The van der Waals surface area contributed by atoms with E-state index in [1.165, 1.54) is 6.92 Å². The van der Waals surface area contributed by atoms with Crippen molar-refractivity contribution >= 4 is 29.1 Å². The molecule has 1 unspecified atom stereocenters. The van der Waals surface area contributed by atoms with Crippen LogP contribution in [-0.4, -0.2) is 38.1 Å². The predicted octanol–water partition coefficient (Wildman–Crippen LogP) is 2.99. The summed E-state index contributed by atoms with van der Waals surface area (Å²) in [4.78, 5) is 25.7. The molecular weight excluding hydrogens is 378 g/mol.